The van der Waals surface area contributed by atoms with Gasteiger partial charge < -0.3 is 10.4 Å². The highest BCUT2D eigenvalue weighted by molar-refractivity contribution is 5.95. The van der Waals surface area contributed by atoms with E-state index in [0.29, 0.717) is 6.54 Å². The van der Waals surface area contributed by atoms with Crippen molar-refractivity contribution in [3.05, 3.63) is 24.5 Å². The lowest BCUT2D eigenvalue weighted by Gasteiger charge is -2.00. The number of nitrogens with one attached hydrogen (secondary N) is 1. The summed E-state index contributed by atoms with van der Waals surface area (Å²) in [4.78, 5) is 10.9. The summed E-state index contributed by atoms with van der Waals surface area (Å²) in [5.41, 5.74) is 0.265. The highest BCUT2D eigenvalue weighted by Crippen LogP contribution is 1.91. The van der Waals surface area contributed by atoms with Crippen molar-refractivity contribution >= 4 is 5.91 Å². The van der Waals surface area contributed by atoms with Gasteiger partial charge in [0.2, 0.25) is 0 Å². The van der Waals surface area contributed by atoms with Crippen LogP contribution in [0.15, 0.2) is 24.5 Å². The van der Waals surface area contributed by atoms with Crippen molar-refractivity contribution in [1.29, 1.82) is 0 Å². The molecule has 62 valence electrons. The Hall–Kier alpha value is -1.25. The van der Waals surface area contributed by atoms with Gasteiger partial charge in [0.25, 0.3) is 5.91 Å². The molecule has 1 amide bonds. The lowest BCUT2D eigenvalue weighted by molar-refractivity contribution is -0.117. The molecule has 0 fully saturated rings. The van der Waals surface area contributed by atoms with Crippen molar-refractivity contribution in [2.24, 2.45) is 0 Å². The van der Waals surface area contributed by atoms with Gasteiger partial charge in [0, 0.05) is 12.1 Å². The van der Waals surface area contributed by atoms with Crippen LogP contribution in [-0.4, -0.2) is 17.6 Å². The number of amides is 1. The molecule has 0 spiro atoms. The van der Waals surface area contributed by atoms with Gasteiger partial charge in [0.1, 0.15) is 0 Å². The molecule has 0 aliphatic carbocycles. The predicted octanol–water partition coefficient (Wildman–Crippen LogP) is 1.14. The van der Waals surface area contributed by atoms with Gasteiger partial charge in [0.05, 0.1) is 6.26 Å². The van der Waals surface area contributed by atoms with Crippen LogP contribution < -0.4 is 5.32 Å². The number of carbonyl (C=O) groups is 1. The zero-order chi connectivity index (χ0) is 8.69. The standard InChI is InChI=1S/C8H13NO2/c1-3-5-9-8(11)7(2)4-6-10/h4,6,10H,2-3,5H2,1H3,(H,9,11)/b6-4-. The van der Waals surface area contributed by atoms with Gasteiger partial charge in [-0.3, -0.25) is 4.79 Å². The van der Waals surface area contributed by atoms with Gasteiger partial charge in [-0.15, -0.1) is 0 Å². The van der Waals surface area contributed by atoms with E-state index in [0.717, 1.165) is 12.7 Å². The van der Waals surface area contributed by atoms with E-state index in [1.807, 2.05) is 6.92 Å². The van der Waals surface area contributed by atoms with Crippen LogP contribution in [0.2, 0.25) is 0 Å². The van der Waals surface area contributed by atoms with Gasteiger partial charge >= 0.3 is 0 Å². The van der Waals surface area contributed by atoms with E-state index in [2.05, 4.69) is 11.9 Å². The summed E-state index contributed by atoms with van der Waals surface area (Å²) in [6.07, 6.45) is 2.95. The SMILES string of the molecule is C=C(/C=C\O)C(=O)NCCC. The van der Waals surface area contributed by atoms with Crippen LogP contribution in [0.4, 0.5) is 0 Å². The highest BCUT2D eigenvalue weighted by Gasteiger charge is 2.00. The Balaban J connectivity index is 3.74. The van der Waals surface area contributed by atoms with Crippen molar-refractivity contribution < 1.29 is 9.90 Å². The topological polar surface area (TPSA) is 49.3 Å². The molecule has 0 aliphatic rings. The molecule has 0 saturated heterocycles. The minimum absolute atomic E-state index is 0.239. The fraction of sp³-hybridized carbons (Fsp3) is 0.375. The quantitative estimate of drug-likeness (QED) is 0.363. The van der Waals surface area contributed by atoms with Crippen molar-refractivity contribution in [3.8, 4) is 0 Å². The van der Waals surface area contributed by atoms with Gasteiger partial charge in [-0.05, 0) is 12.5 Å². The molecule has 0 atom stereocenters. The van der Waals surface area contributed by atoms with E-state index < -0.39 is 0 Å². The van der Waals surface area contributed by atoms with Gasteiger partial charge in [-0.1, -0.05) is 13.5 Å². The number of aliphatic hydroxyl groups is 1. The zero-order valence-electron chi connectivity index (χ0n) is 6.63. The van der Waals surface area contributed by atoms with Crippen molar-refractivity contribution in [3.63, 3.8) is 0 Å². The first-order chi connectivity index (χ1) is 5.22. The van der Waals surface area contributed by atoms with Crippen LogP contribution in [0.1, 0.15) is 13.3 Å². The average Bonchev–Trinajstić information content (AvgIpc) is 2.00. The number of rotatable bonds is 4. The lowest BCUT2D eigenvalue weighted by atomic mass is 10.3. The first-order valence-electron chi connectivity index (χ1n) is 3.50. The minimum Gasteiger partial charge on any atom is -0.516 e. The molecule has 11 heavy (non-hydrogen) atoms. The summed E-state index contributed by atoms with van der Waals surface area (Å²) >= 11 is 0. The Morgan fingerprint density at radius 1 is 1.73 bits per heavy atom. The third kappa shape index (κ3) is 4.19. The van der Waals surface area contributed by atoms with Crippen molar-refractivity contribution in [1.82, 2.24) is 5.32 Å². The van der Waals surface area contributed by atoms with Crippen LogP contribution in [0.25, 0.3) is 0 Å². The van der Waals surface area contributed by atoms with Crippen LogP contribution >= 0.6 is 0 Å². The van der Waals surface area contributed by atoms with E-state index >= 15 is 0 Å². The molecule has 0 aromatic carbocycles. The first kappa shape index (κ1) is 9.75. The molecular formula is C8H13NO2. The van der Waals surface area contributed by atoms with Crippen LogP contribution in [-0.2, 0) is 4.79 Å². The molecule has 0 aromatic rings. The molecule has 0 unspecified atom stereocenters. The zero-order valence-corrected chi connectivity index (χ0v) is 6.63. The lowest BCUT2D eigenvalue weighted by Crippen LogP contribution is -2.24. The summed E-state index contributed by atoms with van der Waals surface area (Å²) in [5, 5.41) is 10.9. The summed E-state index contributed by atoms with van der Waals surface area (Å²) in [6.45, 7) is 6.04. The smallest absolute Gasteiger partial charge is 0.250 e. The van der Waals surface area contributed by atoms with E-state index in [1.165, 1.54) is 6.08 Å². The molecular weight excluding hydrogens is 142 g/mol. The number of aliphatic hydroxyl groups excluding tert-OH is 1. The second kappa shape index (κ2) is 5.53. The van der Waals surface area contributed by atoms with Gasteiger partial charge in [0.15, 0.2) is 0 Å². The number of hydrogen-bond donors (Lipinski definition) is 2. The van der Waals surface area contributed by atoms with E-state index in [9.17, 15) is 4.79 Å². The maximum atomic E-state index is 10.9. The summed E-state index contributed by atoms with van der Waals surface area (Å²) in [5.74, 6) is -0.239. The Labute approximate surface area is 66.4 Å². The average molecular weight is 155 g/mol. The molecule has 0 aromatic heterocycles. The highest BCUT2D eigenvalue weighted by atomic mass is 16.2. The third-order valence-electron chi connectivity index (χ3n) is 1.10. The Kier molecular flexibility index (Phi) is 4.90. The second-order valence-electron chi connectivity index (χ2n) is 2.10. The normalized spacial score (nSPS) is 9.91. The van der Waals surface area contributed by atoms with Crippen LogP contribution in [0, 0.1) is 0 Å². The first-order valence-corrected chi connectivity index (χ1v) is 3.50. The molecule has 0 heterocycles. The van der Waals surface area contributed by atoms with Crippen LogP contribution in [0.3, 0.4) is 0 Å². The Bertz CT molecular complexity index is 173. The summed E-state index contributed by atoms with van der Waals surface area (Å²) in [7, 11) is 0. The Morgan fingerprint density at radius 2 is 2.36 bits per heavy atom. The molecule has 0 saturated carbocycles. The fourth-order valence-corrected chi connectivity index (χ4v) is 0.518. The Morgan fingerprint density at radius 3 is 2.82 bits per heavy atom. The molecule has 0 bridgehead atoms. The summed E-state index contributed by atoms with van der Waals surface area (Å²) < 4.78 is 0. The van der Waals surface area contributed by atoms with E-state index in [-0.39, 0.29) is 11.5 Å². The maximum Gasteiger partial charge on any atom is 0.250 e. The van der Waals surface area contributed by atoms with E-state index in [4.69, 9.17) is 5.11 Å². The minimum atomic E-state index is -0.239. The number of hydrogen-bond acceptors (Lipinski definition) is 2. The molecule has 3 heteroatoms. The maximum absolute atomic E-state index is 10.9. The van der Waals surface area contributed by atoms with Crippen LogP contribution in [0.5, 0.6) is 0 Å². The molecule has 0 radical (unpaired) electrons. The molecule has 3 nitrogen and oxygen atoms in total. The molecule has 0 rings (SSSR count). The molecule has 0 aliphatic heterocycles. The monoisotopic (exact) mass is 155 g/mol. The van der Waals surface area contributed by atoms with Gasteiger partial charge in [-0.2, -0.15) is 0 Å². The largest absolute Gasteiger partial charge is 0.516 e. The van der Waals surface area contributed by atoms with E-state index in [1.54, 1.807) is 0 Å². The summed E-state index contributed by atoms with van der Waals surface area (Å²) in [6, 6.07) is 0. The fourth-order valence-electron chi connectivity index (χ4n) is 0.518. The predicted molar refractivity (Wildman–Crippen MR) is 44.2 cm³/mol. The number of carbonyl (C=O) groups excluding carboxylic acids is 1. The van der Waals surface area contributed by atoms with Crippen molar-refractivity contribution in [2.75, 3.05) is 6.54 Å². The third-order valence-corrected chi connectivity index (χ3v) is 1.10. The molecule has 2 N–H and O–H groups in total. The second-order valence-corrected chi connectivity index (χ2v) is 2.10. The van der Waals surface area contributed by atoms with Gasteiger partial charge in [-0.25, -0.2) is 0 Å². The van der Waals surface area contributed by atoms with Crippen molar-refractivity contribution in [2.45, 2.75) is 13.3 Å².